The molecular formula is C16H26N2O. The van der Waals surface area contributed by atoms with Crippen LogP contribution in [0.2, 0.25) is 0 Å². The summed E-state index contributed by atoms with van der Waals surface area (Å²) >= 11 is 0. The van der Waals surface area contributed by atoms with Gasteiger partial charge in [-0.05, 0) is 37.1 Å². The molecule has 0 aromatic heterocycles. The minimum atomic E-state index is 0.134. The van der Waals surface area contributed by atoms with E-state index in [2.05, 4.69) is 37.4 Å². The lowest BCUT2D eigenvalue weighted by molar-refractivity contribution is 0.356. The topological polar surface area (TPSA) is 47.3 Å². The molecule has 19 heavy (non-hydrogen) atoms. The van der Waals surface area contributed by atoms with E-state index in [1.54, 1.807) is 0 Å². The Bertz CT molecular complexity index is 427. The fourth-order valence-corrected chi connectivity index (χ4v) is 2.44. The minimum Gasteiger partial charge on any atom is -0.493 e. The lowest BCUT2D eigenvalue weighted by Crippen LogP contribution is -2.35. The molecule has 1 aliphatic rings. The molecule has 0 spiro atoms. The maximum absolute atomic E-state index is 5.76. The Balaban J connectivity index is 1.95. The first-order valence-corrected chi connectivity index (χ1v) is 7.21. The van der Waals surface area contributed by atoms with Gasteiger partial charge >= 0.3 is 0 Å². The molecule has 0 amide bonds. The molecule has 1 unspecified atom stereocenters. The van der Waals surface area contributed by atoms with E-state index in [4.69, 9.17) is 10.5 Å². The summed E-state index contributed by atoms with van der Waals surface area (Å²) in [6, 6.07) is 6.88. The Morgan fingerprint density at radius 1 is 1.42 bits per heavy atom. The first-order chi connectivity index (χ1) is 8.99. The van der Waals surface area contributed by atoms with Gasteiger partial charge in [0.1, 0.15) is 5.75 Å². The van der Waals surface area contributed by atoms with Crippen LogP contribution in [0, 0.1) is 0 Å². The van der Waals surface area contributed by atoms with Gasteiger partial charge in [-0.25, -0.2) is 0 Å². The van der Waals surface area contributed by atoms with E-state index in [-0.39, 0.29) is 11.5 Å². The van der Waals surface area contributed by atoms with Gasteiger partial charge in [-0.3, -0.25) is 0 Å². The highest BCUT2D eigenvalue weighted by atomic mass is 16.5. The highest BCUT2D eigenvalue weighted by Gasteiger charge is 2.22. The van der Waals surface area contributed by atoms with Crippen molar-refractivity contribution in [2.75, 3.05) is 19.7 Å². The van der Waals surface area contributed by atoms with Gasteiger partial charge in [0, 0.05) is 24.4 Å². The summed E-state index contributed by atoms with van der Waals surface area (Å²) in [4.78, 5) is 0. The molecule has 0 saturated carbocycles. The SMILES string of the molecule is CC(N)CCNCC(C)(C)c1ccc2c(c1)CCO2. The molecule has 3 nitrogen and oxygen atoms in total. The molecule has 1 aromatic rings. The van der Waals surface area contributed by atoms with Crippen molar-refractivity contribution in [2.45, 2.75) is 45.1 Å². The van der Waals surface area contributed by atoms with Crippen molar-refractivity contribution in [3.05, 3.63) is 29.3 Å². The zero-order valence-corrected chi connectivity index (χ0v) is 12.3. The summed E-state index contributed by atoms with van der Waals surface area (Å²) in [5.74, 6) is 1.06. The average molecular weight is 262 g/mol. The van der Waals surface area contributed by atoms with Crippen LogP contribution in [0.25, 0.3) is 0 Å². The number of nitrogens with two attached hydrogens (primary N) is 1. The lowest BCUT2D eigenvalue weighted by atomic mass is 9.83. The predicted molar refractivity (Wildman–Crippen MR) is 79.8 cm³/mol. The molecule has 0 aliphatic carbocycles. The van der Waals surface area contributed by atoms with Crippen molar-refractivity contribution in [3.63, 3.8) is 0 Å². The van der Waals surface area contributed by atoms with Gasteiger partial charge in [0.25, 0.3) is 0 Å². The van der Waals surface area contributed by atoms with E-state index in [1.165, 1.54) is 11.1 Å². The third-order valence-electron chi connectivity index (χ3n) is 3.81. The van der Waals surface area contributed by atoms with Crippen molar-refractivity contribution in [1.29, 1.82) is 0 Å². The lowest BCUT2D eigenvalue weighted by Gasteiger charge is -2.26. The molecule has 3 N–H and O–H groups in total. The summed E-state index contributed by atoms with van der Waals surface area (Å²) in [5, 5.41) is 3.51. The summed E-state index contributed by atoms with van der Waals surface area (Å²) < 4.78 is 5.56. The second kappa shape index (κ2) is 5.93. The zero-order valence-electron chi connectivity index (χ0n) is 12.3. The van der Waals surface area contributed by atoms with Gasteiger partial charge in [0.05, 0.1) is 6.61 Å². The second-order valence-corrected chi connectivity index (χ2v) is 6.25. The van der Waals surface area contributed by atoms with E-state index >= 15 is 0 Å². The van der Waals surface area contributed by atoms with Crippen LogP contribution in [0.1, 0.15) is 38.3 Å². The molecule has 1 aromatic carbocycles. The summed E-state index contributed by atoms with van der Waals surface area (Å²) in [7, 11) is 0. The second-order valence-electron chi connectivity index (χ2n) is 6.25. The van der Waals surface area contributed by atoms with Gasteiger partial charge in [-0.15, -0.1) is 0 Å². The fraction of sp³-hybridized carbons (Fsp3) is 0.625. The average Bonchev–Trinajstić information content (AvgIpc) is 2.81. The van der Waals surface area contributed by atoms with Gasteiger partial charge in [-0.1, -0.05) is 26.0 Å². The molecular weight excluding hydrogens is 236 g/mol. The molecule has 1 atom stereocenters. The van der Waals surface area contributed by atoms with Gasteiger partial charge in [0.15, 0.2) is 0 Å². The maximum atomic E-state index is 5.76. The summed E-state index contributed by atoms with van der Waals surface area (Å²) in [5.41, 5.74) is 8.62. The Morgan fingerprint density at radius 3 is 2.95 bits per heavy atom. The molecule has 0 bridgehead atoms. The van der Waals surface area contributed by atoms with E-state index < -0.39 is 0 Å². The highest BCUT2D eigenvalue weighted by Crippen LogP contribution is 2.31. The van der Waals surface area contributed by atoms with Crippen molar-refractivity contribution >= 4 is 0 Å². The van der Waals surface area contributed by atoms with Crippen LogP contribution in [0.3, 0.4) is 0 Å². The molecule has 0 fully saturated rings. The van der Waals surface area contributed by atoms with Crippen molar-refractivity contribution in [3.8, 4) is 5.75 Å². The first-order valence-electron chi connectivity index (χ1n) is 7.21. The third kappa shape index (κ3) is 3.71. The normalized spacial score (nSPS) is 16.0. The molecule has 0 saturated heterocycles. The van der Waals surface area contributed by atoms with Crippen molar-refractivity contribution in [2.24, 2.45) is 5.73 Å². The summed E-state index contributed by atoms with van der Waals surface area (Å²) in [6.45, 7) is 9.39. The van der Waals surface area contributed by atoms with Gasteiger partial charge < -0.3 is 15.8 Å². The molecule has 1 heterocycles. The number of nitrogens with one attached hydrogen (secondary N) is 1. The monoisotopic (exact) mass is 262 g/mol. The van der Waals surface area contributed by atoms with Gasteiger partial charge in [-0.2, -0.15) is 0 Å². The zero-order chi connectivity index (χ0) is 13.9. The van der Waals surface area contributed by atoms with Gasteiger partial charge in [0.2, 0.25) is 0 Å². The Hall–Kier alpha value is -1.06. The standard InChI is InChI=1S/C16H26N2O/c1-12(17)6-8-18-11-16(2,3)14-4-5-15-13(10-14)7-9-19-15/h4-5,10,12,18H,6-9,11,17H2,1-3H3. The molecule has 3 heteroatoms. The van der Waals surface area contributed by atoms with Crippen molar-refractivity contribution in [1.82, 2.24) is 5.32 Å². The van der Waals surface area contributed by atoms with E-state index in [1.807, 2.05) is 6.92 Å². The minimum absolute atomic E-state index is 0.134. The largest absolute Gasteiger partial charge is 0.493 e. The van der Waals surface area contributed by atoms with E-state index in [9.17, 15) is 0 Å². The predicted octanol–water partition coefficient (Wildman–Crippen LogP) is 2.23. The van der Waals surface area contributed by atoms with Crippen LogP contribution < -0.4 is 15.8 Å². The van der Waals surface area contributed by atoms with Crippen LogP contribution in [-0.4, -0.2) is 25.7 Å². The van der Waals surface area contributed by atoms with E-state index in [0.29, 0.717) is 0 Å². The van der Waals surface area contributed by atoms with Crippen LogP contribution in [0.5, 0.6) is 5.75 Å². The Labute approximate surface area is 116 Å². The fourth-order valence-electron chi connectivity index (χ4n) is 2.44. The van der Waals surface area contributed by atoms with Crippen LogP contribution >= 0.6 is 0 Å². The smallest absolute Gasteiger partial charge is 0.122 e. The maximum Gasteiger partial charge on any atom is 0.122 e. The molecule has 0 radical (unpaired) electrons. The van der Waals surface area contributed by atoms with Crippen LogP contribution in [-0.2, 0) is 11.8 Å². The number of rotatable bonds is 6. The molecule has 1 aliphatic heterocycles. The van der Waals surface area contributed by atoms with Crippen LogP contribution in [0.15, 0.2) is 18.2 Å². The number of ether oxygens (including phenoxy) is 1. The number of hydrogen-bond donors (Lipinski definition) is 2. The van der Waals surface area contributed by atoms with E-state index in [0.717, 1.165) is 38.3 Å². The quantitative estimate of drug-likeness (QED) is 0.773. The van der Waals surface area contributed by atoms with Crippen molar-refractivity contribution < 1.29 is 4.74 Å². The summed E-state index contributed by atoms with van der Waals surface area (Å²) in [6.07, 6.45) is 2.06. The molecule has 106 valence electrons. The first kappa shape index (κ1) is 14.4. The number of fused-ring (bicyclic) bond motifs is 1. The van der Waals surface area contributed by atoms with Crippen LogP contribution in [0.4, 0.5) is 0 Å². The third-order valence-corrected chi connectivity index (χ3v) is 3.81. The number of benzene rings is 1. The Kier molecular flexibility index (Phi) is 4.48. The molecule has 2 rings (SSSR count). The number of hydrogen-bond acceptors (Lipinski definition) is 3. The Morgan fingerprint density at radius 2 is 2.21 bits per heavy atom. The highest BCUT2D eigenvalue weighted by molar-refractivity contribution is 5.42.